The summed E-state index contributed by atoms with van der Waals surface area (Å²) >= 11 is 1.90. The van der Waals surface area contributed by atoms with Crippen molar-refractivity contribution in [3.8, 4) is 0 Å². The highest BCUT2D eigenvalue weighted by Crippen LogP contribution is 2.29. The molecule has 1 aliphatic rings. The van der Waals surface area contributed by atoms with Gasteiger partial charge in [-0.1, -0.05) is 20.8 Å². The van der Waals surface area contributed by atoms with Crippen LogP contribution in [0.1, 0.15) is 57.0 Å². The van der Waals surface area contributed by atoms with E-state index in [1.807, 2.05) is 11.3 Å². The first kappa shape index (κ1) is 15.8. The zero-order valence-electron chi connectivity index (χ0n) is 13.2. The Balaban J connectivity index is 2.03. The van der Waals surface area contributed by atoms with Gasteiger partial charge in [-0.2, -0.15) is 0 Å². The second-order valence-electron chi connectivity index (χ2n) is 5.92. The van der Waals surface area contributed by atoms with Gasteiger partial charge in [-0.05, 0) is 44.6 Å². The molecule has 0 radical (unpaired) electrons. The Kier molecular flexibility index (Phi) is 6.30. The van der Waals surface area contributed by atoms with E-state index in [9.17, 15) is 0 Å². The maximum absolute atomic E-state index is 4.90. The van der Waals surface area contributed by atoms with Crippen molar-refractivity contribution in [2.75, 3.05) is 24.5 Å². The fourth-order valence-corrected chi connectivity index (χ4v) is 3.92. The maximum Gasteiger partial charge on any atom is 0.185 e. The number of aryl methyl sites for hydroxylation is 1. The molecule has 0 saturated carbocycles. The quantitative estimate of drug-likeness (QED) is 0.808. The van der Waals surface area contributed by atoms with Crippen LogP contribution in [0.15, 0.2) is 0 Å². The minimum atomic E-state index is 0.872. The number of nitrogens with one attached hydrogen (secondary N) is 1. The summed E-state index contributed by atoms with van der Waals surface area (Å²) in [4.78, 5) is 8.85. The Morgan fingerprint density at radius 1 is 1.30 bits per heavy atom. The van der Waals surface area contributed by atoms with E-state index >= 15 is 0 Å². The topological polar surface area (TPSA) is 28.2 Å². The monoisotopic (exact) mass is 295 g/mol. The van der Waals surface area contributed by atoms with Crippen molar-refractivity contribution in [3.63, 3.8) is 0 Å². The Morgan fingerprint density at radius 2 is 2.15 bits per heavy atom. The lowest BCUT2D eigenvalue weighted by molar-refractivity contribution is 0.521. The number of aromatic nitrogens is 1. The van der Waals surface area contributed by atoms with Crippen molar-refractivity contribution >= 4 is 16.5 Å². The van der Waals surface area contributed by atoms with Crippen LogP contribution in [0.3, 0.4) is 0 Å². The molecule has 1 atom stereocenters. The van der Waals surface area contributed by atoms with Crippen LogP contribution >= 0.6 is 11.3 Å². The standard InChI is InChI=1S/C16H29N3S/c1-4-9-17-12-15-14(5-2)18-16(20-15)19-10-6-7-13(3)8-11-19/h13,17H,4-12H2,1-3H3. The lowest BCUT2D eigenvalue weighted by Crippen LogP contribution is -2.23. The number of hydrogen-bond acceptors (Lipinski definition) is 4. The van der Waals surface area contributed by atoms with Crippen LogP contribution in [0.5, 0.6) is 0 Å². The second kappa shape index (κ2) is 7.99. The highest BCUT2D eigenvalue weighted by Gasteiger charge is 2.18. The van der Waals surface area contributed by atoms with E-state index in [0.717, 1.165) is 25.4 Å². The molecule has 114 valence electrons. The fourth-order valence-electron chi connectivity index (χ4n) is 2.75. The molecule has 2 rings (SSSR count). The number of hydrogen-bond donors (Lipinski definition) is 1. The third kappa shape index (κ3) is 4.19. The average molecular weight is 295 g/mol. The summed E-state index contributed by atoms with van der Waals surface area (Å²) in [7, 11) is 0. The maximum atomic E-state index is 4.90. The van der Waals surface area contributed by atoms with Crippen LogP contribution in [0, 0.1) is 5.92 Å². The fraction of sp³-hybridized carbons (Fsp3) is 0.812. The predicted octanol–water partition coefficient (Wildman–Crippen LogP) is 3.83. The molecule has 1 saturated heterocycles. The highest BCUT2D eigenvalue weighted by molar-refractivity contribution is 7.15. The van der Waals surface area contributed by atoms with Crippen molar-refractivity contribution < 1.29 is 0 Å². The van der Waals surface area contributed by atoms with Gasteiger partial charge in [-0.15, -0.1) is 11.3 Å². The van der Waals surface area contributed by atoms with Crippen molar-refractivity contribution in [1.82, 2.24) is 10.3 Å². The van der Waals surface area contributed by atoms with Crippen LogP contribution in [0.4, 0.5) is 5.13 Å². The van der Waals surface area contributed by atoms with E-state index in [4.69, 9.17) is 4.98 Å². The van der Waals surface area contributed by atoms with Gasteiger partial charge in [0.2, 0.25) is 0 Å². The van der Waals surface area contributed by atoms with Gasteiger partial charge in [0, 0.05) is 24.5 Å². The number of rotatable bonds is 6. The lowest BCUT2D eigenvalue weighted by atomic mass is 10.0. The molecule has 1 aromatic heterocycles. The van der Waals surface area contributed by atoms with Crippen molar-refractivity contribution in [1.29, 1.82) is 0 Å². The Morgan fingerprint density at radius 3 is 2.90 bits per heavy atom. The van der Waals surface area contributed by atoms with Crippen molar-refractivity contribution in [3.05, 3.63) is 10.6 Å². The van der Waals surface area contributed by atoms with Gasteiger partial charge >= 0.3 is 0 Å². The minimum Gasteiger partial charge on any atom is -0.348 e. The summed E-state index contributed by atoms with van der Waals surface area (Å²) in [5.74, 6) is 0.872. The van der Waals surface area contributed by atoms with E-state index in [0.29, 0.717) is 0 Å². The van der Waals surface area contributed by atoms with Gasteiger partial charge in [-0.25, -0.2) is 4.98 Å². The number of nitrogens with zero attached hydrogens (tertiary/aromatic N) is 2. The molecule has 1 aromatic rings. The van der Waals surface area contributed by atoms with Gasteiger partial charge in [0.15, 0.2) is 5.13 Å². The zero-order chi connectivity index (χ0) is 14.4. The Hall–Kier alpha value is -0.610. The molecule has 1 N–H and O–H groups in total. The third-order valence-electron chi connectivity index (χ3n) is 4.10. The van der Waals surface area contributed by atoms with Crippen molar-refractivity contribution in [2.45, 2.75) is 59.4 Å². The predicted molar refractivity (Wildman–Crippen MR) is 88.7 cm³/mol. The van der Waals surface area contributed by atoms with E-state index in [-0.39, 0.29) is 0 Å². The molecule has 2 heterocycles. The molecule has 0 aliphatic carbocycles. The van der Waals surface area contributed by atoms with Gasteiger partial charge in [0.1, 0.15) is 0 Å². The molecule has 0 aromatic carbocycles. The van der Waals surface area contributed by atoms with Crippen LogP contribution in [-0.4, -0.2) is 24.6 Å². The number of thiazole rings is 1. The van der Waals surface area contributed by atoms with Gasteiger partial charge in [0.05, 0.1) is 5.69 Å². The molecule has 1 unspecified atom stereocenters. The molecular weight excluding hydrogens is 266 g/mol. The SMILES string of the molecule is CCCNCc1sc(N2CCCC(C)CC2)nc1CC. The minimum absolute atomic E-state index is 0.872. The van der Waals surface area contributed by atoms with Crippen LogP contribution in [-0.2, 0) is 13.0 Å². The average Bonchev–Trinajstić information content (AvgIpc) is 2.73. The normalized spacial score (nSPS) is 20.1. The first-order valence-electron chi connectivity index (χ1n) is 8.18. The summed E-state index contributed by atoms with van der Waals surface area (Å²) in [6.07, 6.45) is 6.23. The molecule has 0 bridgehead atoms. The Bertz CT molecular complexity index is 402. The molecule has 3 nitrogen and oxygen atoms in total. The molecule has 4 heteroatoms. The van der Waals surface area contributed by atoms with Crippen LogP contribution in [0.2, 0.25) is 0 Å². The van der Waals surface area contributed by atoms with Crippen molar-refractivity contribution in [2.24, 2.45) is 5.92 Å². The summed E-state index contributed by atoms with van der Waals surface area (Å²) in [5.41, 5.74) is 1.30. The Labute approximate surface area is 127 Å². The van der Waals surface area contributed by atoms with Gasteiger partial charge in [0.25, 0.3) is 0 Å². The van der Waals surface area contributed by atoms with E-state index in [1.165, 1.54) is 54.5 Å². The molecule has 1 fully saturated rings. The first-order chi connectivity index (χ1) is 9.74. The van der Waals surface area contributed by atoms with E-state index in [2.05, 4.69) is 31.0 Å². The summed E-state index contributed by atoms with van der Waals surface area (Å²) < 4.78 is 0. The van der Waals surface area contributed by atoms with Gasteiger partial charge in [-0.3, -0.25) is 0 Å². The summed E-state index contributed by atoms with van der Waals surface area (Å²) in [5, 5.41) is 4.77. The van der Waals surface area contributed by atoms with Gasteiger partial charge < -0.3 is 10.2 Å². The summed E-state index contributed by atoms with van der Waals surface area (Å²) in [6.45, 7) is 11.2. The van der Waals surface area contributed by atoms with E-state index < -0.39 is 0 Å². The van der Waals surface area contributed by atoms with E-state index in [1.54, 1.807) is 0 Å². The number of anilines is 1. The van der Waals surface area contributed by atoms with Crippen LogP contribution in [0.25, 0.3) is 0 Å². The largest absolute Gasteiger partial charge is 0.348 e. The smallest absolute Gasteiger partial charge is 0.185 e. The second-order valence-corrected chi connectivity index (χ2v) is 6.98. The molecule has 0 spiro atoms. The molecule has 0 amide bonds. The van der Waals surface area contributed by atoms with Crippen LogP contribution < -0.4 is 10.2 Å². The lowest BCUT2D eigenvalue weighted by Gasteiger charge is -2.18. The summed E-state index contributed by atoms with van der Waals surface area (Å²) in [6, 6.07) is 0. The molecular formula is C16H29N3S. The highest BCUT2D eigenvalue weighted by atomic mass is 32.1. The first-order valence-corrected chi connectivity index (χ1v) is 9.00. The third-order valence-corrected chi connectivity index (χ3v) is 5.26. The molecule has 20 heavy (non-hydrogen) atoms. The molecule has 1 aliphatic heterocycles. The zero-order valence-corrected chi connectivity index (χ0v) is 14.1.